The van der Waals surface area contributed by atoms with Crippen LogP contribution in [0.15, 0.2) is 36.0 Å². The van der Waals surface area contributed by atoms with E-state index in [1.165, 1.54) is 28.0 Å². The highest BCUT2D eigenvalue weighted by Crippen LogP contribution is 2.71. The number of nitrogens with zero attached hydrogens (tertiary/aromatic N) is 1. The number of aliphatic hydroxyl groups excluding tert-OH is 1. The molecule has 2 aliphatic heterocycles. The van der Waals surface area contributed by atoms with E-state index in [9.17, 15) is 5.11 Å². The van der Waals surface area contributed by atoms with E-state index in [2.05, 4.69) is 67.1 Å². The van der Waals surface area contributed by atoms with Crippen molar-refractivity contribution in [2.24, 2.45) is 28.6 Å². The number of hydrogen-bond donors (Lipinski definition) is 2. The number of nitrogens with one attached hydrogen (secondary N) is 1. The minimum atomic E-state index is -0.845. The normalized spacial score (nSPS) is 44.3. The fourth-order valence-corrected chi connectivity index (χ4v) is 10.2. The predicted octanol–water partition coefficient (Wildman–Crippen LogP) is 4.26. The first kappa shape index (κ1) is 24.7. The molecule has 0 radical (unpaired) electrons. The standard InChI is InChI=1S/C32H40N2O5/c1-20-4-6-21(7-5-20)15-34-16-22-13-29(2)23(12-26(22)33-34)8-9-24-25-10-11-31(30(25,3)14-27(35)28(24)29)32(39-19-37-31)17-36-18-38-32/h4-7,12,16,24-25,27-28,35H,8-11,13-15,17-19H2,1-3H3/p+1/t24-,25-,27-,28+,29-,30-,31+,32?/m0/s1. The van der Waals surface area contributed by atoms with Crippen LogP contribution in [0.4, 0.5) is 0 Å². The third kappa shape index (κ3) is 3.20. The van der Waals surface area contributed by atoms with E-state index in [4.69, 9.17) is 18.9 Å². The summed E-state index contributed by atoms with van der Waals surface area (Å²) in [6, 6.07) is 8.78. The maximum atomic E-state index is 12.1. The molecule has 3 heterocycles. The molecule has 7 nitrogen and oxygen atoms in total. The molecule has 2 saturated heterocycles. The molecule has 2 N–H and O–H groups in total. The van der Waals surface area contributed by atoms with Crippen molar-refractivity contribution in [1.29, 1.82) is 0 Å². The number of H-pyrrole nitrogens is 1. The summed E-state index contributed by atoms with van der Waals surface area (Å²) in [6.07, 6.45) is 10.2. The van der Waals surface area contributed by atoms with Crippen LogP contribution in [0.1, 0.15) is 68.3 Å². The molecule has 0 amide bonds. The number of rotatable bonds is 2. The minimum Gasteiger partial charge on any atom is -0.393 e. The summed E-state index contributed by atoms with van der Waals surface area (Å²) in [5.74, 6) is 0.302. The Morgan fingerprint density at radius 3 is 2.69 bits per heavy atom. The van der Waals surface area contributed by atoms with Crippen molar-refractivity contribution in [3.05, 3.63) is 58.4 Å². The maximum absolute atomic E-state index is 12.1. The number of aromatic amines is 1. The van der Waals surface area contributed by atoms with Crippen LogP contribution in [0.25, 0.3) is 6.08 Å². The SMILES string of the molecule is Cc1ccc(C[n+]2cc3c([nH]2)C=C2CC[C@@H]4[C@H]([C@@H](O)C[C@@]5(C)[C@H]4CC[C@@]54OCOC45COCO5)[C@@]2(C)C3)cc1. The summed E-state index contributed by atoms with van der Waals surface area (Å²) >= 11 is 0. The Hall–Kier alpha value is -2.03. The van der Waals surface area contributed by atoms with Gasteiger partial charge < -0.3 is 24.1 Å². The van der Waals surface area contributed by atoms with E-state index in [1.807, 2.05) is 0 Å². The second-order valence-electron chi connectivity index (χ2n) is 13.7. The molecule has 7 heteroatoms. The number of aromatic nitrogens is 2. The van der Waals surface area contributed by atoms with Gasteiger partial charge in [-0.2, -0.15) is 5.10 Å². The van der Waals surface area contributed by atoms with E-state index in [0.717, 1.165) is 38.6 Å². The monoisotopic (exact) mass is 533 g/mol. The lowest BCUT2D eigenvalue weighted by Gasteiger charge is -2.61. The van der Waals surface area contributed by atoms with Crippen LogP contribution in [0, 0.1) is 35.5 Å². The van der Waals surface area contributed by atoms with Crippen molar-refractivity contribution in [3.8, 4) is 0 Å². The third-order valence-electron chi connectivity index (χ3n) is 11.9. The molecule has 6 aliphatic rings. The minimum absolute atomic E-state index is 0.0476. The molecule has 0 bridgehead atoms. The topological polar surface area (TPSA) is 76.8 Å². The number of benzene rings is 1. The average Bonchev–Trinajstić information content (AvgIpc) is 3.67. The van der Waals surface area contributed by atoms with E-state index >= 15 is 0 Å². The van der Waals surface area contributed by atoms with Gasteiger partial charge in [-0.1, -0.05) is 49.2 Å². The Kier molecular flexibility index (Phi) is 5.24. The number of hydrogen-bond acceptors (Lipinski definition) is 5. The lowest BCUT2D eigenvalue weighted by Crippen LogP contribution is -2.66. The van der Waals surface area contributed by atoms with Crippen molar-refractivity contribution in [2.45, 2.75) is 83.3 Å². The van der Waals surface area contributed by atoms with Crippen LogP contribution in [0.2, 0.25) is 0 Å². The lowest BCUT2D eigenvalue weighted by atomic mass is 9.45. The van der Waals surface area contributed by atoms with Gasteiger partial charge in [0.25, 0.3) is 0 Å². The van der Waals surface area contributed by atoms with Crippen LogP contribution in [0.5, 0.6) is 0 Å². The summed E-state index contributed by atoms with van der Waals surface area (Å²) in [5, 5.41) is 15.7. The zero-order chi connectivity index (χ0) is 26.6. The molecular weight excluding hydrogens is 492 g/mol. The molecule has 208 valence electrons. The summed E-state index contributed by atoms with van der Waals surface area (Å²) in [7, 11) is 0. The molecule has 2 spiro atoms. The van der Waals surface area contributed by atoms with Crippen molar-refractivity contribution < 1.29 is 28.7 Å². The number of ether oxygens (including phenoxy) is 4. The van der Waals surface area contributed by atoms with E-state index < -0.39 is 17.5 Å². The quantitative estimate of drug-likeness (QED) is 0.565. The van der Waals surface area contributed by atoms with Gasteiger partial charge in [-0.25, -0.2) is 0 Å². The highest BCUT2D eigenvalue weighted by Gasteiger charge is 2.76. The van der Waals surface area contributed by atoms with Crippen molar-refractivity contribution in [3.63, 3.8) is 0 Å². The first-order chi connectivity index (χ1) is 18.8. The second kappa shape index (κ2) is 8.26. The van der Waals surface area contributed by atoms with E-state index in [0.29, 0.717) is 24.9 Å². The van der Waals surface area contributed by atoms with Gasteiger partial charge in [-0.3, -0.25) is 0 Å². The largest absolute Gasteiger partial charge is 0.393 e. The van der Waals surface area contributed by atoms with Crippen molar-refractivity contribution >= 4 is 6.08 Å². The Labute approximate surface area is 230 Å². The van der Waals surface area contributed by atoms with Crippen LogP contribution in [-0.4, -0.2) is 47.9 Å². The fraction of sp³-hybridized carbons (Fsp3) is 0.656. The van der Waals surface area contributed by atoms with Crippen molar-refractivity contribution in [1.82, 2.24) is 5.10 Å². The van der Waals surface area contributed by atoms with Gasteiger partial charge in [0.2, 0.25) is 5.79 Å². The Bertz CT molecular complexity index is 1320. The first-order valence-corrected chi connectivity index (χ1v) is 14.8. The summed E-state index contributed by atoms with van der Waals surface area (Å²) in [5.41, 5.74) is 5.85. The molecular formula is C32H41N2O5+. The van der Waals surface area contributed by atoms with Gasteiger partial charge in [-0.15, -0.1) is 4.68 Å². The van der Waals surface area contributed by atoms with Crippen LogP contribution in [-0.2, 0) is 31.9 Å². The average molecular weight is 534 g/mol. The molecule has 1 aromatic heterocycles. The number of allylic oxidation sites excluding steroid dienone is 1. The molecule has 8 rings (SSSR count). The summed E-state index contributed by atoms with van der Waals surface area (Å²) in [4.78, 5) is 0. The summed E-state index contributed by atoms with van der Waals surface area (Å²) < 4.78 is 26.7. The fourth-order valence-electron chi connectivity index (χ4n) is 10.2. The smallest absolute Gasteiger partial charge is 0.226 e. The highest BCUT2D eigenvalue weighted by atomic mass is 16.9. The lowest BCUT2D eigenvalue weighted by molar-refractivity contribution is -0.742. The Balaban J connectivity index is 1.10. The van der Waals surface area contributed by atoms with Gasteiger partial charge in [0, 0.05) is 16.5 Å². The van der Waals surface area contributed by atoms with E-state index in [1.54, 1.807) is 0 Å². The molecule has 39 heavy (non-hydrogen) atoms. The highest BCUT2D eigenvalue weighted by molar-refractivity contribution is 5.58. The maximum Gasteiger partial charge on any atom is 0.226 e. The van der Waals surface area contributed by atoms with Crippen LogP contribution < -0.4 is 4.68 Å². The second-order valence-corrected chi connectivity index (χ2v) is 13.7. The van der Waals surface area contributed by atoms with Gasteiger partial charge in [0.15, 0.2) is 26.3 Å². The van der Waals surface area contributed by atoms with E-state index in [-0.39, 0.29) is 30.3 Å². The van der Waals surface area contributed by atoms with Gasteiger partial charge in [0.1, 0.15) is 17.9 Å². The molecule has 1 unspecified atom stereocenters. The van der Waals surface area contributed by atoms with Gasteiger partial charge in [0.05, 0.1) is 6.10 Å². The van der Waals surface area contributed by atoms with Crippen LogP contribution >= 0.6 is 0 Å². The first-order valence-electron chi connectivity index (χ1n) is 14.8. The molecule has 4 aliphatic carbocycles. The third-order valence-corrected chi connectivity index (χ3v) is 11.9. The molecule has 1 aromatic carbocycles. The molecule has 5 fully saturated rings. The zero-order valence-electron chi connectivity index (χ0n) is 23.4. The number of aryl methyl sites for hydroxylation is 1. The molecule has 3 saturated carbocycles. The van der Waals surface area contributed by atoms with Crippen molar-refractivity contribution in [2.75, 3.05) is 20.2 Å². The number of fused-ring (bicyclic) bond motifs is 8. The van der Waals surface area contributed by atoms with Gasteiger partial charge >= 0.3 is 0 Å². The molecule has 8 atom stereocenters. The molecule has 2 aromatic rings. The Morgan fingerprint density at radius 2 is 1.90 bits per heavy atom. The van der Waals surface area contributed by atoms with Gasteiger partial charge in [-0.05, 0) is 74.7 Å². The summed E-state index contributed by atoms with van der Waals surface area (Å²) in [6.45, 7) is 8.62. The number of aliphatic hydroxyl groups is 1. The zero-order valence-corrected chi connectivity index (χ0v) is 23.4. The predicted molar refractivity (Wildman–Crippen MR) is 143 cm³/mol. The Morgan fingerprint density at radius 1 is 1.08 bits per heavy atom. The van der Waals surface area contributed by atoms with Crippen LogP contribution in [0.3, 0.4) is 0 Å².